The van der Waals surface area contributed by atoms with E-state index in [-0.39, 0.29) is 17.7 Å². The Morgan fingerprint density at radius 1 is 0.907 bits per heavy atom. The smallest absolute Gasteiger partial charge is 0.408 e. The lowest BCUT2D eigenvalue weighted by molar-refractivity contribution is -0.119. The number of ether oxygens (including phenoxy) is 3. The summed E-state index contributed by atoms with van der Waals surface area (Å²) in [6.45, 7) is 12.7. The van der Waals surface area contributed by atoms with E-state index in [4.69, 9.17) is 14.2 Å². The molecule has 0 bridgehead atoms. The molecule has 0 aromatic heterocycles. The molecule has 43 heavy (non-hydrogen) atoms. The summed E-state index contributed by atoms with van der Waals surface area (Å²) in [5.41, 5.74) is 1.03. The number of nitrogens with zero attached hydrogens (tertiary/aromatic N) is 1. The zero-order valence-corrected chi connectivity index (χ0v) is 26.0. The molecule has 2 aliphatic rings. The van der Waals surface area contributed by atoms with Crippen LogP contribution in [0.1, 0.15) is 76.7 Å². The van der Waals surface area contributed by atoms with Crippen LogP contribution >= 0.6 is 0 Å². The maximum absolute atomic E-state index is 13.4. The van der Waals surface area contributed by atoms with E-state index in [1.807, 2.05) is 29.2 Å². The second-order valence-corrected chi connectivity index (χ2v) is 13.4. The lowest BCUT2D eigenvalue weighted by Crippen LogP contribution is -2.47. The lowest BCUT2D eigenvalue weighted by atomic mass is 9.79. The fourth-order valence-corrected chi connectivity index (χ4v) is 5.23. The van der Waals surface area contributed by atoms with E-state index in [9.17, 15) is 19.2 Å². The van der Waals surface area contributed by atoms with Gasteiger partial charge < -0.3 is 29.7 Å². The molecule has 2 heterocycles. The summed E-state index contributed by atoms with van der Waals surface area (Å²) in [5, 5.41) is 5.50. The van der Waals surface area contributed by atoms with Crippen molar-refractivity contribution in [2.24, 2.45) is 5.41 Å². The molecule has 1 unspecified atom stereocenters. The van der Waals surface area contributed by atoms with E-state index in [0.717, 1.165) is 24.1 Å². The number of alkyl carbamates (subject to hydrolysis) is 1. The molecular formula is C33H43N3O7. The van der Waals surface area contributed by atoms with Crippen molar-refractivity contribution in [1.82, 2.24) is 5.32 Å². The van der Waals surface area contributed by atoms with E-state index >= 15 is 0 Å². The molecular weight excluding hydrogens is 550 g/mol. The van der Waals surface area contributed by atoms with Gasteiger partial charge in [0.15, 0.2) is 0 Å². The molecule has 2 aromatic rings. The van der Waals surface area contributed by atoms with Crippen LogP contribution in [-0.2, 0) is 30.2 Å². The van der Waals surface area contributed by atoms with E-state index in [1.54, 1.807) is 65.8 Å². The predicted molar refractivity (Wildman–Crippen MR) is 163 cm³/mol. The van der Waals surface area contributed by atoms with Crippen LogP contribution in [0, 0.1) is 5.41 Å². The Balaban J connectivity index is 1.45. The first kappa shape index (κ1) is 32.0. The third-order valence-electron chi connectivity index (χ3n) is 7.36. The molecule has 4 rings (SSSR count). The molecule has 10 nitrogen and oxygen atoms in total. The minimum absolute atomic E-state index is 0.0281. The largest absolute Gasteiger partial charge is 0.456 e. The first-order chi connectivity index (χ1) is 20.1. The van der Waals surface area contributed by atoms with Gasteiger partial charge in [0, 0.05) is 49.4 Å². The van der Waals surface area contributed by atoms with Crippen molar-refractivity contribution in [3.8, 4) is 0 Å². The van der Waals surface area contributed by atoms with Crippen molar-refractivity contribution < 1.29 is 33.4 Å². The fourth-order valence-electron chi connectivity index (χ4n) is 5.23. The third-order valence-corrected chi connectivity index (χ3v) is 7.36. The monoisotopic (exact) mass is 593 g/mol. The van der Waals surface area contributed by atoms with Crippen LogP contribution in [0.2, 0.25) is 0 Å². The molecule has 232 valence electrons. The summed E-state index contributed by atoms with van der Waals surface area (Å²) in [4.78, 5) is 53.1. The molecule has 2 fully saturated rings. The fraction of sp³-hybridized carbons (Fsp3) is 0.515. The Kier molecular flexibility index (Phi) is 9.49. The number of esters is 1. The van der Waals surface area contributed by atoms with Gasteiger partial charge in [0.2, 0.25) is 11.8 Å². The van der Waals surface area contributed by atoms with Gasteiger partial charge in [-0.2, -0.15) is 0 Å². The molecule has 2 aliphatic heterocycles. The summed E-state index contributed by atoms with van der Waals surface area (Å²) >= 11 is 0. The summed E-state index contributed by atoms with van der Waals surface area (Å²) in [6, 6.07) is 12.9. The molecule has 1 atom stereocenters. The van der Waals surface area contributed by atoms with Crippen LogP contribution in [0.3, 0.4) is 0 Å². The molecule has 3 amide bonds. The Bertz CT molecular complexity index is 1320. The summed E-state index contributed by atoms with van der Waals surface area (Å²) < 4.78 is 16.3. The zero-order chi connectivity index (χ0) is 31.4. The normalized spacial score (nSPS) is 17.3. The van der Waals surface area contributed by atoms with Crippen LogP contribution in [0.4, 0.5) is 16.2 Å². The van der Waals surface area contributed by atoms with Crippen molar-refractivity contribution in [2.75, 3.05) is 30.0 Å². The van der Waals surface area contributed by atoms with Crippen LogP contribution in [0.15, 0.2) is 48.5 Å². The highest BCUT2D eigenvalue weighted by Crippen LogP contribution is 2.42. The Morgan fingerprint density at radius 3 is 2.09 bits per heavy atom. The molecule has 0 saturated carbocycles. The quantitative estimate of drug-likeness (QED) is 0.421. The van der Waals surface area contributed by atoms with Crippen LogP contribution < -0.4 is 15.5 Å². The number of hydrogen-bond donors (Lipinski definition) is 2. The minimum Gasteiger partial charge on any atom is -0.456 e. The molecule has 1 spiro atoms. The topological polar surface area (TPSA) is 123 Å². The number of hydrogen-bond acceptors (Lipinski definition) is 7. The molecule has 2 N–H and O–H groups in total. The zero-order valence-electron chi connectivity index (χ0n) is 26.0. The summed E-state index contributed by atoms with van der Waals surface area (Å²) in [7, 11) is 0. The van der Waals surface area contributed by atoms with Crippen LogP contribution in [-0.4, -0.2) is 60.9 Å². The first-order valence-electron chi connectivity index (χ1n) is 14.7. The first-order valence-corrected chi connectivity index (χ1v) is 14.7. The second-order valence-electron chi connectivity index (χ2n) is 13.4. The predicted octanol–water partition coefficient (Wildman–Crippen LogP) is 5.25. The number of anilines is 2. The molecule has 10 heteroatoms. The maximum atomic E-state index is 13.4. The molecule has 2 saturated heterocycles. The average molecular weight is 594 g/mol. The molecule has 0 aliphatic carbocycles. The van der Waals surface area contributed by atoms with Gasteiger partial charge >= 0.3 is 12.1 Å². The van der Waals surface area contributed by atoms with Crippen molar-refractivity contribution in [3.05, 3.63) is 59.7 Å². The molecule has 2 aromatic carbocycles. The number of carbonyl (C=O) groups is 4. The third kappa shape index (κ3) is 9.03. The van der Waals surface area contributed by atoms with Crippen molar-refractivity contribution >= 4 is 35.3 Å². The Hall–Kier alpha value is -3.92. The van der Waals surface area contributed by atoms with Crippen LogP contribution in [0.5, 0.6) is 0 Å². The number of carbonyl (C=O) groups excluding carboxylic acids is 4. The Morgan fingerprint density at radius 2 is 1.51 bits per heavy atom. The highest BCUT2D eigenvalue weighted by molar-refractivity contribution is 5.98. The van der Waals surface area contributed by atoms with Gasteiger partial charge in [-0.05, 0) is 96.3 Å². The van der Waals surface area contributed by atoms with Crippen LogP contribution in [0.25, 0.3) is 0 Å². The number of benzene rings is 2. The number of nitrogens with one attached hydrogen (secondary N) is 2. The van der Waals surface area contributed by atoms with Gasteiger partial charge in [0.25, 0.3) is 0 Å². The molecule has 0 radical (unpaired) electrons. The van der Waals surface area contributed by atoms with E-state index in [1.165, 1.54) is 0 Å². The minimum atomic E-state index is -0.954. The SMILES string of the molecule is CC(C)(C)OC(=O)NC(Cc1ccc(N2CC3(CCOCC3)CC2=O)cc1)C(=O)Nc1ccc(C(=O)OC(C)(C)C)cc1. The van der Waals surface area contributed by atoms with E-state index in [0.29, 0.717) is 37.4 Å². The van der Waals surface area contributed by atoms with Gasteiger partial charge in [-0.3, -0.25) is 9.59 Å². The van der Waals surface area contributed by atoms with E-state index < -0.39 is 35.2 Å². The summed E-state index contributed by atoms with van der Waals surface area (Å²) in [5.74, 6) is -0.802. The number of amides is 3. The number of rotatable bonds is 7. The van der Waals surface area contributed by atoms with Crippen molar-refractivity contribution in [2.45, 2.75) is 84.5 Å². The standard InChI is InChI=1S/C33H43N3O7/c1-31(2,3)42-29(39)23-9-11-24(12-10-23)34-28(38)26(35-30(40)43-32(4,5)6)19-22-7-13-25(14-8-22)36-21-33(20-27(36)37)15-17-41-18-16-33/h7-14,26H,15-21H2,1-6H3,(H,34,38)(H,35,40). The highest BCUT2D eigenvalue weighted by atomic mass is 16.6. The van der Waals surface area contributed by atoms with Gasteiger partial charge in [-0.15, -0.1) is 0 Å². The maximum Gasteiger partial charge on any atom is 0.408 e. The van der Waals surface area contributed by atoms with Crippen molar-refractivity contribution in [1.29, 1.82) is 0 Å². The Labute approximate surface area is 253 Å². The van der Waals surface area contributed by atoms with Gasteiger partial charge in [-0.25, -0.2) is 9.59 Å². The van der Waals surface area contributed by atoms with Gasteiger partial charge in [0.05, 0.1) is 5.56 Å². The van der Waals surface area contributed by atoms with Crippen molar-refractivity contribution in [3.63, 3.8) is 0 Å². The van der Waals surface area contributed by atoms with Gasteiger partial charge in [0.1, 0.15) is 17.2 Å². The average Bonchev–Trinajstić information content (AvgIpc) is 3.22. The van der Waals surface area contributed by atoms with Gasteiger partial charge in [-0.1, -0.05) is 12.1 Å². The van der Waals surface area contributed by atoms with E-state index in [2.05, 4.69) is 10.6 Å². The highest BCUT2D eigenvalue weighted by Gasteiger charge is 2.44. The summed E-state index contributed by atoms with van der Waals surface area (Å²) in [6.07, 6.45) is 1.76. The lowest BCUT2D eigenvalue weighted by Gasteiger charge is -2.32. The second kappa shape index (κ2) is 12.8.